The summed E-state index contributed by atoms with van der Waals surface area (Å²) in [5, 5.41) is 12.5. The van der Waals surface area contributed by atoms with Crippen LogP contribution in [0.25, 0.3) is 0 Å². The Bertz CT molecular complexity index is 1080. The van der Waals surface area contributed by atoms with Crippen LogP contribution in [0.2, 0.25) is 0 Å². The molecule has 9 heteroatoms. The summed E-state index contributed by atoms with van der Waals surface area (Å²) >= 11 is 3.34. The van der Waals surface area contributed by atoms with Gasteiger partial charge in [0, 0.05) is 54.3 Å². The van der Waals surface area contributed by atoms with Crippen LogP contribution in [0.1, 0.15) is 20.7 Å². The molecule has 0 radical (unpaired) electrons. The molecule has 0 spiro atoms. The molecule has 0 bridgehead atoms. The number of nitrogens with zero attached hydrogens (tertiary/aromatic N) is 4. The van der Waals surface area contributed by atoms with Gasteiger partial charge in [0.2, 0.25) is 5.95 Å². The Balaban J connectivity index is 1.48. The number of piperazine rings is 1. The SMILES string of the molecule is O=C(Nc1ccc(N2CCN(c3ncccn3)CC2)c(C(=O)O)c1)c1ccc(Br)cc1. The number of carboxylic acid groups (broad SMARTS) is 1. The molecule has 1 saturated heterocycles. The van der Waals surface area contributed by atoms with Gasteiger partial charge in [-0.2, -0.15) is 0 Å². The summed E-state index contributed by atoms with van der Waals surface area (Å²) in [7, 11) is 0. The summed E-state index contributed by atoms with van der Waals surface area (Å²) in [5.41, 5.74) is 1.70. The largest absolute Gasteiger partial charge is 0.478 e. The van der Waals surface area contributed by atoms with Crippen LogP contribution in [0.5, 0.6) is 0 Å². The molecule has 1 aliphatic heterocycles. The van der Waals surface area contributed by atoms with Crippen molar-refractivity contribution in [2.24, 2.45) is 0 Å². The summed E-state index contributed by atoms with van der Waals surface area (Å²) in [6, 6.07) is 13.7. The second-order valence-corrected chi connectivity index (χ2v) is 7.94. The molecule has 0 aliphatic carbocycles. The number of aromatic carboxylic acids is 1. The molecule has 0 saturated carbocycles. The van der Waals surface area contributed by atoms with Crippen LogP contribution in [0, 0.1) is 0 Å². The van der Waals surface area contributed by atoms with Gasteiger partial charge in [-0.05, 0) is 48.5 Å². The van der Waals surface area contributed by atoms with Gasteiger partial charge in [0.15, 0.2) is 0 Å². The number of amides is 1. The highest BCUT2D eigenvalue weighted by Gasteiger charge is 2.23. The minimum Gasteiger partial charge on any atom is -0.478 e. The molecule has 2 heterocycles. The number of benzene rings is 2. The number of carbonyl (C=O) groups is 2. The van der Waals surface area contributed by atoms with Gasteiger partial charge in [-0.25, -0.2) is 14.8 Å². The van der Waals surface area contributed by atoms with Gasteiger partial charge in [0.05, 0.1) is 11.3 Å². The summed E-state index contributed by atoms with van der Waals surface area (Å²) in [5.74, 6) is -0.664. The van der Waals surface area contributed by atoms with E-state index in [2.05, 4.69) is 36.1 Å². The number of aromatic nitrogens is 2. The van der Waals surface area contributed by atoms with Crippen molar-refractivity contribution in [2.75, 3.05) is 41.3 Å². The molecule has 1 fully saturated rings. The molecule has 3 aromatic rings. The second kappa shape index (κ2) is 9.13. The van der Waals surface area contributed by atoms with Gasteiger partial charge in [0.25, 0.3) is 5.91 Å². The van der Waals surface area contributed by atoms with E-state index in [-0.39, 0.29) is 11.5 Å². The lowest BCUT2D eigenvalue weighted by Gasteiger charge is -2.36. The predicted octanol–water partition coefficient (Wildman–Crippen LogP) is 3.52. The smallest absolute Gasteiger partial charge is 0.337 e. The molecule has 8 nitrogen and oxygen atoms in total. The molecule has 1 aliphatic rings. The van der Waals surface area contributed by atoms with E-state index in [4.69, 9.17) is 0 Å². The lowest BCUT2D eigenvalue weighted by atomic mass is 10.1. The van der Waals surface area contributed by atoms with E-state index in [0.717, 1.165) is 4.47 Å². The fraction of sp³-hybridized carbons (Fsp3) is 0.182. The lowest BCUT2D eigenvalue weighted by molar-refractivity contribution is 0.0697. The van der Waals surface area contributed by atoms with Crippen LogP contribution in [-0.2, 0) is 0 Å². The fourth-order valence-corrected chi connectivity index (χ4v) is 3.73. The first kappa shape index (κ1) is 20.8. The maximum Gasteiger partial charge on any atom is 0.337 e. The zero-order valence-electron chi connectivity index (χ0n) is 16.5. The molecule has 1 aromatic heterocycles. The number of rotatable bonds is 5. The third-order valence-corrected chi connectivity index (χ3v) is 5.58. The van der Waals surface area contributed by atoms with E-state index in [9.17, 15) is 14.7 Å². The van der Waals surface area contributed by atoms with Crippen LogP contribution in [-0.4, -0.2) is 53.1 Å². The van der Waals surface area contributed by atoms with Gasteiger partial charge in [0.1, 0.15) is 0 Å². The normalized spacial score (nSPS) is 13.7. The Hall–Kier alpha value is -3.46. The van der Waals surface area contributed by atoms with E-state index < -0.39 is 5.97 Å². The van der Waals surface area contributed by atoms with Crippen LogP contribution in [0.3, 0.4) is 0 Å². The molecular weight excluding hydrogens is 462 g/mol. The Morgan fingerprint density at radius 1 is 0.935 bits per heavy atom. The van der Waals surface area contributed by atoms with Crippen LogP contribution < -0.4 is 15.1 Å². The highest BCUT2D eigenvalue weighted by Crippen LogP contribution is 2.26. The minimum atomic E-state index is -1.04. The Labute approximate surface area is 187 Å². The van der Waals surface area contributed by atoms with Crippen molar-refractivity contribution in [3.05, 3.63) is 76.5 Å². The van der Waals surface area contributed by atoms with Crippen molar-refractivity contribution in [3.63, 3.8) is 0 Å². The average Bonchev–Trinajstić information content (AvgIpc) is 2.80. The molecule has 158 valence electrons. The first-order valence-electron chi connectivity index (χ1n) is 9.72. The maximum atomic E-state index is 12.5. The summed E-state index contributed by atoms with van der Waals surface area (Å²) in [6.45, 7) is 2.66. The van der Waals surface area contributed by atoms with E-state index in [1.165, 1.54) is 6.07 Å². The number of carboxylic acids is 1. The number of anilines is 3. The van der Waals surface area contributed by atoms with Gasteiger partial charge in [-0.1, -0.05) is 15.9 Å². The average molecular weight is 482 g/mol. The molecule has 4 rings (SSSR count). The quantitative estimate of drug-likeness (QED) is 0.574. The fourth-order valence-electron chi connectivity index (χ4n) is 3.47. The van der Waals surface area contributed by atoms with Crippen molar-refractivity contribution in [1.82, 2.24) is 9.97 Å². The van der Waals surface area contributed by atoms with E-state index in [1.54, 1.807) is 54.9 Å². The number of hydrogen-bond acceptors (Lipinski definition) is 6. The minimum absolute atomic E-state index is 0.151. The van der Waals surface area contributed by atoms with Gasteiger partial charge in [-0.15, -0.1) is 0 Å². The van der Waals surface area contributed by atoms with Crippen LogP contribution >= 0.6 is 15.9 Å². The van der Waals surface area contributed by atoms with Crippen molar-refractivity contribution in [1.29, 1.82) is 0 Å². The third-order valence-electron chi connectivity index (χ3n) is 5.05. The number of nitrogens with one attached hydrogen (secondary N) is 1. The van der Waals surface area contributed by atoms with Crippen LogP contribution in [0.4, 0.5) is 17.3 Å². The Morgan fingerprint density at radius 3 is 2.23 bits per heavy atom. The van der Waals surface area contributed by atoms with Gasteiger partial charge < -0.3 is 20.2 Å². The predicted molar refractivity (Wildman–Crippen MR) is 122 cm³/mol. The highest BCUT2D eigenvalue weighted by atomic mass is 79.9. The molecule has 31 heavy (non-hydrogen) atoms. The number of carbonyl (C=O) groups excluding carboxylic acids is 1. The Morgan fingerprint density at radius 2 is 1.58 bits per heavy atom. The maximum absolute atomic E-state index is 12.5. The van der Waals surface area contributed by atoms with Crippen molar-refractivity contribution < 1.29 is 14.7 Å². The Kier molecular flexibility index (Phi) is 6.13. The second-order valence-electron chi connectivity index (χ2n) is 7.02. The van der Waals surface area contributed by atoms with Gasteiger partial charge >= 0.3 is 5.97 Å². The lowest BCUT2D eigenvalue weighted by Crippen LogP contribution is -2.47. The van der Waals surface area contributed by atoms with E-state index >= 15 is 0 Å². The topological polar surface area (TPSA) is 98.7 Å². The molecule has 1 amide bonds. The molecular formula is C22H20BrN5O3. The first-order chi connectivity index (χ1) is 15.0. The van der Waals surface area contributed by atoms with Crippen molar-refractivity contribution >= 4 is 45.1 Å². The standard InChI is InChI=1S/C22H20BrN5O3/c23-16-4-2-15(3-5-16)20(29)26-17-6-7-19(18(14-17)21(30)31)27-10-12-28(13-11-27)22-24-8-1-9-25-22/h1-9,14H,10-13H2,(H,26,29)(H,30,31). The third kappa shape index (κ3) is 4.83. The molecule has 0 unspecified atom stereocenters. The molecule has 2 aromatic carbocycles. The van der Waals surface area contributed by atoms with Gasteiger partial charge in [-0.3, -0.25) is 4.79 Å². The van der Waals surface area contributed by atoms with E-state index in [0.29, 0.717) is 49.1 Å². The molecule has 0 atom stereocenters. The summed E-state index contributed by atoms with van der Waals surface area (Å²) in [4.78, 5) is 37.0. The number of hydrogen-bond donors (Lipinski definition) is 2. The summed E-state index contributed by atoms with van der Waals surface area (Å²) < 4.78 is 0.875. The zero-order valence-corrected chi connectivity index (χ0v) is 18.1. The first-order valence-corrected chi connectivity index (χ1v) is 10.5. The summed E-state index contributed by atoms with van der Waals surface area (Å²) in [6.07, 6.45) is 3.41. The van der Waals surface area contributed by atoms with E-state index in [1.807, 2.05) is 4.90 Å². The highest BCUT2D eigenvalue weighted by molar-refractivity contribution is 9.10. The van der Waals surface area contributed by atoms with Crippen LogP contribution in [0.15, 0.2) is 65.4 Å². The van der Waals surface area contributed by atoms with Crippen molar-refractivity contribution in [2.45, 2.75) is 0 Å². The molecule has 2 N–H and O–H groups in total. The number of halogens is 1. The monoisotopic (exact) mass is 481 g/mol. The zero-order chi connectivity index (χ0) is 21.8. The van der Waals surface area contributed by atoms with Crippen molar-refractivity contribution in [3.8, 4) is 0 Å².